The highest BCUT2D eigenvalue weighted by atomic mass is 35.5. The molecule has 3 aromatic rings. The normalized spacial score (nSPS) is 16.2. The van der Waals surface area contributed by atoms with Crippen LogP contribution in [0.15, 0.2) is 78.9 Å². The molecule has 9 heteroatoms. The Kier molecular flexibility index (Phi) is 8.76. The van der Waals surface area contributed by atoms with Crippen molar-refractivity contribution in [3.63, 3.8) is 0 Å². The molecule has 6 nitrogen and oxygen atoms in total. The highest BCUT2D eigenvalue weighted by Gasteiger charge is 2.35. The van der Waals surface area contributed by atoms with E-state index in [9.17, 15) is 18.4 Å². The zero-order valence-corrected chi connectivity index (χ0v) is 21.4. The van der Waals surface area contributed by atoms with E-state index in [1.807, 2.05) is 29.2 Å². The van der Waals surface area contributed by atoms with Gasteiger partial charge in [-0.15, -0.1) is 0 Å². The number of alkyl halides is 2. The van der Waals surface area contributed by atoms with E-state index in [0.717, 1.165) is 11.1 Å². The Balaban J connectivity index is 1.46. The minimum absolute atomic E-state index is 0.222. The number of hydrogen-bond acceptors (Lipinski definition) is 4. The number of hydrogen-bond donors (Lipinski definition) is 3. The lowest BCUT2D eigenvalue weighted by Gasteiger charge is -2.33. The summed E-state index contributed by atoms with van der Waals surface area (Å²) in [6, 6.07) is 21.0. The molecule has 1 saturated heterocycles. The predicted octanol–water partition coefficient (Wildman–Crippen LogP) is 6.03. The van der Waals surface area contributed by atoms with Crippen molar-refractivity contribution >= 4 is 46.6 Å². The van der Waals surface area contributed by atoms with Crippen molar-refractivity contribution < 1.29 is 18.4 Å². The molecule has 1 aliphatic rings. The summed E-state index contributed by atoms with van der Waals surface area (Å²) >= 11 is 5.95. The number of rotatable bonds is 8. The molecule has 198 valence electrons. The van der Waals surface area contributed by atoms with Crippen LogP contribution in [0.1, 0.15) is 29.9 Å². The van der Waals surface area contributed by atoms with Crippen LogP contribution in [0.25, 0.3) is 6.08 Å². The lowest BCUT2D eigenvalue weighted by atomic mass is 9.94. The number of piperidine rings is 1. The van der Waals surface area contributed by atoms with Crippen molar-refractivity contribution in [3.8, 4) is 0 Å². The molecule has 1 aliphatic heterocycles. The van der Waals surface area contributed by atoms with Gasteiger partial charge in [0, 0.05) is 49.3 Å². The largest absolute Gasteiger partial charge is 0.397 e. The van der Waals surface area contributed by atoms with E-state index in [2.05, 4.69) is 10.6 Å². The van der Waals surface area contributed by atoms with E-state index in [4.69, 9.17) is 17.3 Å². The quantitative estimate of drug-likeness (QED) is 0.241. The average Bonchev–Trinajstić information content (AvgIpc) is 2.90. The van der Waals surface area contributed by atoms with Gasteiger partial charge < -0.3 is 21.3 Å². The molecule has 0 bridgehead atoms. The van der Waals surface area contributed by atoms with Gasteiger partial charge in [0.25, 0.3) is 5.92 Å². The number of anilines is 3. The second-order valence-electron chi connectivity index (χ2n) is 9.28. The molecule has 0 spiro atoms. The maximum Gasteiger partial charge on any atom is 0.250 e. The molecule has 38 heavy (non-hydrogen) atoms. The summed E-state index contributed by atoms with van der Waals surface area (Å²) in [5.74, 6) is -3.81. The van der Waals surface area contributed by atoms with Crippen LogP contribution >= 0.6 is 11.6 Å². The number of carbonyl (C=O) groups is 2. The van der Waals surface area contributed by atoms with Crippen molar-refractivity contribution in [3.05, 3.63) is 95.0 Å². The maximum absolute atomic E-state index is 13.7. The second-order valence-corrected chi connectivity index (χ2v) is 9.72. The summed E-state index contributed by atoms with van der Waals surface area (Å²) in [5, 5.41) is 6.19. The van der Waals surface area contributed by atoms with Crippen molar-refractivity contribution in [1.29, 1.82) is 0 Å². The number of para-hydroxylation sites is 2. The predicted molar refractivity (Wildman–Crippen MR) is 148 cm³/mol. The van der Waals surface area contributed by atoms with Gasteiger partial charge in [0.15, 0.2) is 0 Å². The maximum atomic E-state index is 13.7. The molecule has 3 aromatic carbocycles. The molecule has 1 fully saturated rings. The number of likely N-dealkylation sites (tertiary alicyclic amines) is 1. The molecule has 1 atom stereocenters. The van der Waals surface area contributed by atoms with Crippen molar-refractivity contribution in [2.45, 2.75) is 24.7 Å². The molecular formula is C29H29ClF2N4O2. The average molecular weight is 539 g/mol. The third-order valence-corrected chi connectivity index (χ3v) is 6.69. The molecule has 1 heterocycles. The number of benzene rings is 3. The van der Waals surface area contributed by atoms with Crippen LogP contribution < -0.4 is 16.4 Å². The Morgan fingerprint density at radius 2 is 1.63 bits per heavy atom. The molecule has 0 saturated carbocycles. The zero-order valence-electron chi connectivity index (χ0n) is 20.7. The second kappa shape index (κ2) is 12.2. The fourth-order valence-electron chi connectivity index (χ4n) is 4.22. The smallest absolute Gasteiger partial charge is 0.250 e. The third kappa shape index (κ3) is 7.63. The lowest BCUT2D eigenvalue weighted by Crippen LogP contribution is -2.43. The Morgan fingerprint density at radius 3 is 2.29 bits per heavy atom. The van der Waals surface area contributed by atoms with Gasteiger partial charge in [0.1, 0.15) is 0 Å². The fraction of sp³-hybridized carbons (Fsp3) is 0.241. The summed E-state index contributed by atoms with van der Waals surface area (Å²) in [5.41, 5.74) is 8.97. The molecule has 1 unspecified atom stereocenters. The van der Waals surface area contributed by atoms with Crippen LogP contribution in [0, 0.1) is 0 Å². The molecule has 0 aliphatic carbocycles. The van der Waals surface area contributed by atoms with Crippen LogP contribution in [-0.4, -0.2) is 42.3 Å². The van der Waals surface area contributed by atoms with Crippen molar-refractivity contribution in [2.24, 2.45) is 0 Å². The standard InChI is InChI=1S/C29H29ClF2N4O2/c30-22-10-12-23(13-11-22)34-28(38)24(19-36-17-15-29(31,32)16-18-36)21-8-5-20(6-9-21)7-14-27(37)35-26-4-2-1-3-25(26)33/h1-14,24H,15-19,33H2,(H,34,38)(H,35,37)/b14-7+. The summed E-state index contributed by atoms with van der Waals surface area (Å²) in [7, 11) is 0. The first-order valence-corrected chi connectivity index (χ1v) is 12.7. The first-order valence-electron chi connectivity index (χ1n) is 12.3. The fourth-order valence-corrected chi connectivity index (χ4v) is 4.35. The number of nitrogen functional groups attached to an aromatic ring is 1. The Labute approximate surface area is 225 Å². The van der Waals surface area contributed by atoms with Gasteiger partial charge in [-0.1, -0.05) is 48.0 Å². The van der Waals surface area contributed by atoms with E-state index in [1.54, 1.807) is 54.6 Å². The van der Waals surface area contributed by atoms with Gasteiger partial charge in [-0.3, -0.25) is 9.59 Å². The number of amides is 2. The molecule has 0 radical (unpaired) electrons. The molecule has 4 rings (SSSR count). The van der Waals surface area contributed by atoms with Gasteiger partial charge in [0.05, 0.1) is 17.3 Å². The van der Waals surface area contributed by atoms with Gasteiger partial charge >= 0.3 is 0 Å². The monoisotopic (exact) mass is 538 g/mol. The van der Waals surface area contributed by atoms with E-state index in [1.165, 1.54) is 6.08 Å². The Morgan fingerprint density at radius 1 is 0.974 bits per heavy atom. The summed E-state index contributed by atoms with van der Waals surface area (Å²) in [4.78, 5) is 27.5. The van der Waals surface area contributed by atoms with Crippen LogP contribution in [0.4, 0.5) is 25.8 Å². The first kappa shape index (κ1) is 27.3. The number of nitrogens with zero attached hydrogens (tertiary/aromatic N) is 1. The minimum atomic E-state index is -2.66. The first-order chi connectivity index (χ1) is 18.2. The molecule has 4 N–H and O–H groups in total. The molecule has 2 amide bonds. The van der Waals surface area contributed by atoms with Crippen LogP contribution in [-0.2, 0) is 9.59 Å². The minimum Gasteiger partial charge on any atom is -0.397 e. The van der Waals surface area contributed by atoms with Gasteiger partial charge in [-0.25, -0.2) is 8.78 Å². The van der Waals surface area contributed by atoms with Crippen LogP contribution in [0.2, 0.25) is 5.02 Å². The van der Waals surface area contributed by atoms with Gasteiger partial charge in [0.2, 0.25) is 11.8 Å². The third-order valence-electron chi connectivity index (χ3n) is 6.44. The van der Waals surface area contributed by atoms with E-state index in [-0.39, 0.29) is 37.7 Å². The van der Waals surface area contributed by atoms with E-state index >= 15 is 0 Å². The highest BCUT2D eigenvalue weighted by Crippen LogP contribution is 2.30. The number of halogens is 3. The Hall–Kier alpha value is -3.75. The Bertz CT molecular complexity index is 1290. The van der Waals surface area contributed by atoms with E-state index in [0.29, 0.717) is 28.6 Å². The summed E-state index contributed by atoms with van der Waals surface area (Å²) in [6.45, 7) is 0.755. The SMILES string of the molecule is Nc1ccccc1NC(=O)/C=C/c1ccc(C(CN2CCC(F)(F)CC2)C(=O)Nc2ccc(Cl)cc2)cc1. The lowest BCUT2D eigenvalue weighted by molar-refractivity contribution is -0.118. The zero-order chi connectivity index (χ0) is 27.1. The molecular weight excluding hydrogens is 510 g/mol. The highest BCUT2D eigenvalue weighted by molar-refractivity contribution is 6.30. The van der Waals surface area contributed by atoms with Gasteiger partial charge in [-0.05, 0) is 53.6 Å². The number of carbonyl (C=O) groups excluding carboxylic acids is 2. The van der Waals surface area contributed by atoms with Gasteiger partial charge in [-0.2, -0.15) is 0 Å². The van der Waals surface area contributed by atoms with Crippen LogP contribution in [0.5, 0.6) is 0 Å². The topological polar surface area (TPSA) is 87.5 Å². The van der Waals surface area contributed by atoms with E-state index < -0.39 is 11.8 Å². The molecule has 0 aromatic heterocycles. The number of nitrogens with one attached hydrogen (secondary N) is 2. The summed E-state index contributed by atoms with van der Waals surface area (Å²) in [6.07, 6.45) is 2.62. The summed E-state index contributed by atoms with van der Waals surface area (Å²) < 4.78 is 27.3. The van der Waals surface area contributed by atoms with Crippen molar-refractivity contribution in [2.75, 3.05) is 36.0 Å². The van der Waals surface area contributed by atoms with Crippen molar-refractivity contribution in [1.82, 2.24) is 4.90 Å². The van der Waals surface area contributed by atoms with Crippen LogP contribution in [0.3, 0.4) is 0 Å². The number of nitrogens with two attached hydrogens (primary N) is 1.